The average molecular weight is 282 g/mol. The van der Waals surface area contributed by atoms with Crippen LogP contribution in [0.3, 0.4) is 0 Å². The number of esters is 1. The third-order valence-electron chi connectivity index (χ3n) is 2.38. The van der Waals surface area contributed by atoms with Gasteiger partial charge in [-0.1, -0.05) is 0 Å². The second-order valence-electron chi connectivity index (χ2n) is 3.65. The van der Waals surface area contributed by atoms with Gasteiger partial charge in [0.2, 0.25) is 0 Å². The molecule has 2 N–H and O–H groups in total. The molecule has 0 fully saturated rings. The summed E-state index contributed by atoms with van der Waals surface area (Å²) in [5, 5.41) is 18.8. The minimum absolute atomic E-state index is 0.326. The summed E-state index contributed by atoms with van der Waals surface area (Å²) in [6, 6.07) is 1.30. The van der Waals surface area contributed by atoms with Crippen molar-refractivity contribution in [3.8, 4) is 0 Å². The van der Waals surface area contributed by atoms with Crippen molar-refractivity contribution < 1.29 is 37.3 Å². The van der Waals surface area contributed by atoms with Crippen LogP contribution in [-0.2, 0) is 15.7 Å². The molecule has 4 nitrogen and oxygen atoms in total. The van der Waals surface area contributed by atoms with E-state index in [1.165, 1.54) is 0 Å². The maximum absolute atomic E-state index is 13.3. The van der Waals surface area contributed by atoms with Crippen molar-refractivity contribution in [2.75, 3.05) is 7.11 Å². The predicted molar refractivity (Wildman–Crippen MR) is 54.4 cm³/mol. The van der Waals surface area contributed by atoms with Gasteiger partial charge in [-0.25, -0.2) is 9.18 Å². The van der Waals surface area contributed by atoms with Crippen LogP contribution in [0.4, 0.5) is 17.6 Å². The number of aliphatic hydroxyl groups is 2. The molecular weight excluding hydrogens is 272 g/mol. The topological polar surface area (TPSA) is 66.8 Å². The first-order valence-electron chi connectivity index (χ1n) is 4.99. The first-order chi connectivity index (χ1) is 8.68. The van der Waals surface area contributed by atoms with E-state index in [2.05, 4.69) is 4.74 Å². The number of rotatable bonds is 3. The third kappa shape index (κ3) is 3.42. The Bertz CT molecular complexity index is 472. The van der Waals surface area contributed by atoms with Crippen LogP contribution in [0.25, 0.3) is 0 Å². The van der Waals surface area contributed by atoms with E-state index in [4.69, 9.17) is 0 Å². The van der Waals surface area contributed by atoms with Crippen molar-refractivity contribution in [1.82, 2.24) is 0 Å². The van der Waals surface area contributed by atoms with E-state index in [-0.39, 0.29) is 0 Å². The second-order valence-corrected chi connectivity index (χ2v) is 3.65. The van der Waals surface area contributed by atoms with Crippen molar-refractivity contribution in [2.24, 2.45) is 0 Å². The first-order valence-corrected chi connectivity index (χ1v) is 4.99. The van der Waals surface area contributed by atoms with Crippen LogP contribution in [0.1, 0.15) is 17.2 Å². The van der Waals surface area contributed by atoms with E-state index in [0.717, 1.165) is 7.11 Å². The monoisotopic (exact) mass is 282 g/mol. The summed E-state index contributed by atoms with van der Waals surface area (Å²) in [6.07, 6.45) is -9.07. The molecule has 0 aliphatic carbocycles. The van der Waals surface area contributed by atoms with Gasteiger partial charge in [0, 0.05) is 5.56 Å². The van der Waals surface area contributed by atoms with Gasteiger partial charge >= 0.3 is 12.1 Å². The molecule has 0 saturated carbocycles. The molecule has 0 aliphatic rings. The molecule has 0 aromatic heterocycles. The summed E-state index contributed by atoms with van der Waals surface area (Å²) in [4.78, 5) is 10.9. The number of methoxy groups -OCH3 is 1. The smallest absolute Gasteiger partial charge is 0.416 e. The molecule has 1 rings (SSSR count). The Hall–Kier alpha value is -1.67. The highest BCUT2D eigenvalue weighted by atomic mass is 19.4. The van der Waals surface area contributed by atoms with Crippen LogP contribution in [0.15, 0.2) is 18.2 Å². The quantitative estimate of drug-likeness (QED) is 0.650. The number of hydrogen-bond donors (Lipinski definition) is 2. The van der Waals surface area contributed by atoms with Crippen molar-refractivity contribution in [2.45, 2.75) is 18.4 Å². The van der Waals surface area contributed by atoms with Crippen molar-refractivity contribution in [1.29, 1.82) is 0 Å². The zero-order chi connectivity index (χ0) is 14.8. The lowest BCUT2D eigenvalue weighted by Crippen LogP contribution is -2.29. The van der Waals surface area contributed by atoms with Crippen LogP contribution >= 0.6 is 0 Å². The van der Waals surface area contributed by atoms with Gasteiger partial charge in [-0.2, -0.15) is 13.2 Å². The SMILES string of the molecule is COC(=O)C(O)C(O)c1cc(C(F)(F)F)ccc1F. The molecule has 2 atom stereocenters. The maximum atomic E-state index is 13.3. The van der Waals surface area contributed by atoms with Crippen LogP contribution in [-0.4, -0.2) is 29.4 Å². The summed E-state index contributed by atoms with van der Waals surface area (Å²) in [5.74, 6) is -2.47. The van der Waals surface area contributed by atoms with Crippen LogP contribution in [0.2, 0.25) is 0 Å². The van der Waals surface area contributed by atoms with E-state index >= 15 is 0 Å². The van der Waals surface area contributed by atoms with Gasteiger partial charge < -0.3 is 14.9 Å². The summed E-state index contributed by atoms with van der Waals surface area (Å²) < 4.78 is 54.7. The largest absolute Gasteiger partial charge is 0.467 e. The summed E-state index contributed by atoms with van der Waals surface area (Å²) >= 11 is 0. The first kappa shape index (κ1) is 15.4. The normalized spacial score (nSPS) is 14.9. The molecule has 2 unspecified atom stereocenters. The Labute approximate surface area is 105 Å². The molecule has 0 spiro atoms. The minimum Gasteiger partial charge on any atom is -0.467 e. The fourth-order valence-electron chi connectivity index (χ4n) is 1.37. The summed E-state index contributed by atoms with van der Waals surface area (Å²) in [7, 11) is 0.904. The van der Waals surface area contributed by atoms with Crippen LogP contribution in [0.5, 0.6) is 0 Å². The zero-order valence-electron chi connectivity index (χ0n) is 9.61. The third-order valence-corrected chi connectivity index (χ3v) is 2.38. The van der Waals surface area contributed by atoms with Gasteiger partial charge in [-0.05, 0) is 18.2 Å². The van der Waals surface area contributed by atoms with E-state index in [1.807, 2.05) is 0 Å². The minimum atomic E-state index is -4.74. The molecule has 1 aromatic rings. The van der Waals surface area contributed by atoms with E-state index < -0.39 is 41.3 Å². The summed E-state index contributed by atoms with van der Waals surface area (Å²) in [6.45, 7) is 0. The molecule has 0 radical (unpaired) electrons. The fraction of sp³-hybridized carbons (Fsp3) is 0.364. The number of benzene rings is 1. The number of aliphatic hydroxyl groups excluding tert-OH is 2. The van der Waals surface area contributed by atoms with Crippen LogP contribution in [0, 0.1) is 5.82 Å². The van der Waals surface area contributed by atoms with Gasteiger partial charge in [-0.15, -0.1) is 0 Å². The van der Waals surface area contributed by atoms with Gasteiger partial charge in [-0.3, -0.25) is 0 Å². The summed E-state index contributed by atoms with van der Waals surface area (Å²) in [5.41, 5.74) is -2.05. The number of alkyl halides is 3. The molecule has 106 valence electrons. The van der Waals surface area contributed by atoms with Gasteiger partial charge in [0.15, 0.2) is 6.10 Å². The van der Waals surface area contributed by atoms with E-state index in [9.17, 15) is 32.6 Å². The Morgan fingerprint density at radius 3 is 2.37 bits per heavy atom. The Morgan fingerprint density at radius 2 is 1.89 bits per heavy atom. The lowest BCUT2D eigenvalue weighted by Gasteiger charge is -2.18. The molecule has 1 aromatic carbocycles. The predicted octanol–water partition coefficient (Wildman–Crippen LogP) is 1.41. The lowest BCUT2D eigenvalue weighted by atomic mass is 10.0. The fourth-order valence-corrected chi connectivity index (χ4v) is 1.37. The second kappa shape index (κ2) is 5.54. The van der Waals surface area contributed by atoms with Crippen molar-refractivity contribution >= 4 is 5.97 Å². The standard InChI is InChI=1S/C11H10F4O4/c1-19-10(18)9(17)8(16)6-4-5(11(13,14)15)2-3-7(6)12/h2-4,8-9,16-17H,1H3. The average Bonchev–Trinajstić information content (AvgIpc) is 2.35. The van der Waals surface area contributed by atoms with E-state index in [0.29, 0.717) is 18.2 Å². The van der Waals surface area contributed by atoms with Crippen molar-refractivity contribution in [3.63, 3.8) is 0 Å². The number of ether oxygens (including phenoxy) is 1. The number of carbonyl (C=O) groups excluding carboxylic acids is 1. The van der Waals surface area contributed by atoms with Gasteiger partial charge in [0.25, 0.3) is 0 Å². The zero-order valence-corrected chi connectivity index (χ0v) is 9.61. The Balaban J connectivity index is 3.15. The van der Waals surface area contributed by atoms with Crippen molar-refractivity contribution in [3.05, 3.63) is 35.1 Å². The molecule has 19 heavy (non-hydrogen) atoms. The maximum Gasteiger partial charge on any atom is 0.416 e. The van der Waals surface area contributed by atoms with Gasteiger partial charge in [0.05, 0.1) is 12.7 Å². The highest BCUT2D eigenvalue weighted by Gasteiger charge is 2.34. The molecule has 0 heterocycles. The number of carbonyl (C=O) groups is 1. The molecule has 8 heteroatoms. The Morgan fingerprint density at radius 1 is 1.32 bits per heavy atom. The molecule has 0 bridgehead atoms. The van der Waals surface area contributed by atoms with Crippen LogP contribution < -0.4 is 0 Å². The molecule has 0 aliphatic heterocycles. The molecular formula is C11H10F4O4. The highest BCUT2D eigenvalue weighted by Crippen LogP contribution is 2.32. The van der Waals surface area contributed by atoms with E-state index in [1.54, 1.807) is 0 Å². The van der Waals surface area contributed by atoms with Gasteiger partial charge in [0.1, 0.15) is 11.9 Å². The highest BCUT2D eigenvalue weighted by molar-refractivity contribution is 5.75. The number of hydrogen-bond acceptors (Lipinski definition) is 4. The molecule has 0 amide bonds. The number of halogens is 4. The Kier molecular flexibility index (Phi) is 4.48. The molecule has 0 saturated heterocycles. The lowest BCUT2D eigenvalue weighted by molar-refractivity contribution is -0.156.